The SMILES string of the molecule is CC(C)(C)OC(=O)n1c(C#N)ccc1-c1ccc2c(c1)C(c1ccsc1)(c1ccsc1)OCC(=O)N2. The van der Waals surface area contributed by atoms with Gasteiger partial charge in [0.15, 0.2) is 0 Å². The van der Waals surface area contributed by atoms with Crippen LogP contribution in [0.25, 0.3) is 11.3 Å². The lowest BCUT2D eigenvalue weighted by Crippen LogP contribution is -2.32. The maximum absolute atomic E-state index is 13.1. The number of hydrogen-bond donors (Lipinski definition) is 1. The highest BCUT2D eigenvalue weighted by Crippen LogP contribution is 2.47. The van der Waals surface area contributed by atoms with Crippen LogP contribution in [0.3, 0.4) is 0 Å². The molecule has 36 heavy (non-hydrogen) atoms. The number of nitrogens with one attached hydrogen (secondary N) is 1. The molecule has 4 aromatic rings. The van der Waals surface area contributed by atoms with Gasteiger partial charge in [-0.15, -0.1) is 0 Å². The topological polar surface area (TPSA) is 93.3 Å². The van der Waals surface area contributed by atoms with Gasteiger partial charge in [-0.25, -0.2) is 9.36 Å². The monoisotopic (exact) mass is 517 g/mol. The lowest BCUT2D eigenvalue weighted by molar-refractivity contribution is -0.123. The summed E-state index contributed by atoms with van der Waals surface area (Å²) < 4.78 is 13.3. The molecule has 0 atom stereocenters. The molecule has 0 spiro atoms. The fourth-order valence-electron chi connectivity index (χ4n) is 4.37. The number of ether oxygens (including phenoxy) is 2. The molecule has 1 aromatic carbocycles. The number of nitrogens with zero attached hydrogens (tertiary/aromatic N) is 2. The largest absolute Gasteiger partial charge is 0.443 e. The van der Waals surface area contributed by atoms with Gasteiger partial charge in [-0.1, -0.05) is 6.07 Å². The Morgan fingerprint density at radius 3 is 2.39 bits per heavy atom. The van der Waals surface area contributed by atoms with Crippen LogP contribution in [-0.4, -0.2) is 28.8 Å². The van der Waals surface area contributed by atoms with Gasteiger partial charge in [-0.05, 0) is 84.3 Å². The van der Waals surface area contributed by atoms with E-state index in [-0.39, 0.29) is 18.2 Å². The lowest BCUT2D eigenvalue weighted by atomic mass is 9.81. The molecule has 0 bridgehead atoms. The van der Waals surface area contributed by atoms with Gasteiger partial charge in [-0.2, -0.15) is 27.9 Å². The second-order valence-corrected chi connectivity index (χ2v) is 10.9. The average Bonchev–Trinajstić information content (AvgIpc) is 3.60. The number of benzene rings is 1. The van der Waals surface area contributed by atoms with Gasteiger partial charge in [-0.3, -0.25) is 4.79 Å². The standard InChI is InChI=1S/C27H23N3O4S2/c1-26(2,3)34-25(32)30-20(13-28)5-7-23(30)17-4-6-22-21(12-17)27(18-8-10-35-15-18,19-9-11-36-16-19)33-14-24(31)29-22/h4-12,15-16H,14H2,1-3H3,(H,29,31). The summed E-state index contributed by atoms with van der Waals surface area (Å²) in [5.74, 6) is -0.250. The van der Waals surface area contributed by atoms with E-state index in [1.54, 1.807) is 55.6 Å². The summed E-state index contributed by atoms with van der Waals surface area (Å²) in [6, 6.07) is 14.9. The first kappa shape index (κ1) is 24.0. The zero-order valence-electron chi connectivity index (χ0n) is 19.9. The van der Waals surface area contributed by atoms with E-state index < -0.39 is 17.3 Å². The highest BCUT2D eigenvalue weighted by atomic mass is 32.1. The first-order chi connectivity index (χ1) is 17.2. The average molecular weight is 518 g/mol. The van der Waals surface area contributed by atoms with E-state index in [0.29, 0.717) is 16.9 Å². The predicted molar refractivity (Wildman–Crippen MR) is 139 cm³/mol. The van der Waals surface area contributed by atoms with E-state index in [1.165, 1.54) is 4.57 Å². The second kappa shape index (κ2) is 9.06. The summed E-state index contributed by atoms with van der Waals surface area (Å²) >= 11 is 3.09. The molecule has 1 amide bonds. The molecule has 4 heterocycles. The first-order valence-corrected chi connectivity index (χ1v) is 13.1. The predicted octanol–water partition coefficient (Wildman–Crippen LogP) is 6.19. The van der Waals surface area contributed by atoms with Crippen molar-refractivity contribution in [3.8, 4) is 17.3 Å². The summed E-state index contributed by atoms with van der Waals surface area (Å²) in [6.45, 7) is 5.21. The van der Waals surface area contributed by atoms with E-state index in [1.807, 2.05) is 51.9 Å². The molecule has 0 aliphatic carbocycles. The summed E-state index contributed by atoms with van der Waals surface area (Å²) in [4.78, 5) is 25.7. The van der Waals surface area contributed by atoms with E-state index in [9.17, 15) is 14.9 Å². The summed E-state index contributed by atoms with van der Waals surface area (Å²) in [7, 11) is 0. The fraction of sp³-hybridized carbons (Fsp3) is 0.222. The Morgan fingerprint density at radius 1 is 1.11 bits per heavy atom. The minimum Gasteiger partial charge on any atom is -0.443 e. The Labute approximate surface area is 216 Å². The quantitative estimate of drug-likeness (QED) is 0.350. The Bertz CT molecular complexity index is 1440. The van der Waals surface area contributed by atoms with E-state index in [4.69, 9.17) is 9.47 Å². The third-order valence-electron chi connectivity index (χ3n) is 5.82. The van der Waals surface area contributed by atoms with Gasteiger partial charge in [0.2, 0.25) is 5.91 Å². The molecule has 7 nitrogen and oxygen atoms in total. The molecule has 5 rings (SSSR count). The normalized spacial score (nSPS) is 14.9. The van der Waals surface area contributed by atoms with Crippen LogP contribution in [0.15, 0.2) is 64.0 Å². The zero-order chi connectivity index (χ0) is 25.5. The van der Waals surface area contributed by atoms with Gasteiger partial charge in [0, 0.05) is 22.4 Å². The fourth-order valence-corrected chi connectivity index (χ4v) is 5.76. The summed E-state index contributed by atoms with van der Waals surface area (Å²) in [5, 5.41) is 20.6. The maximum atomic E-state index is 13.1. The molecule has 1 aliphatic rings. The molecule has 0 radical (unpaired) electrons. The molecule has 182 valence electrons. The van der Waals surface area contributed by atoms with Gasteiger partial charge < -0.3 is 14.8 Å². The van der Waals surface area contributed by atoms with Gasteiger partial charge in [0.25, 0.3) is 0 Å². The molecule has 1 aliphatic heterocycles. The number of anilines is 1. The summed E-state index contributed by atoms with van der Waals surface area (Å²) in [5.41, 5.74) is 2.74. The lowest BCUT2D eigenvalue weighted by Gasteiger charge is -2.33. The number of amides is 1. The Morgan fingerprint density at radius 2 is 1.81 bits per heavy atom. The number of carbonyl (C=O) groups is 2. The van der Waals surface area contributed by atoms with Crippen molar-refractivity contribution < 1.29 is 19.1 Å². The number of carbonyl (C=O) groups excluding carboxylic acids is 2. The van der Waals surface area contributed by atoms with E-state index >= 15 is 0 Å². The number of hydrogen-bond acceptors (Lipinski definition) is 7. The van der Waals surface area contributed by atoms with Crippen molar-refractivity contribution in [3.05, 3.63) is 86.4 Å². The molecule has 0 unspecified atom stereocenters. The molecule has 1 N–H and O–H groups in total. The van der Waals surface area contributed by atoms with Gasteiger partial charge in [0.1, 0.15) is 29.6 Å². The van der Waals surface area contributed by atoms with Crippen molar-refractivity contribution in [2.24, 2.45) is 0 Å². The van der Waals surface area contributed by atoms with Crippen molar-refractivity contribution in [3.63, 3.8) is 0 Å². The van der Waals surface area contributed by atoms with Crippen LogP contribution in [-0.2, 0) is 19.9 Å². The van der Waals surface area contributed by atoms with Crippen LogP contribution >= 0.6 is 22.7 Å². The van der Waals surface area contributed by atoms with Gasteiger partial charge >= 0.3 is 6.09 Å². The minimum absolute atomic E-state index is 0.122. The number of nitriles is 1. The Balaban J connectivity index is 1.74. The smallest absolute Gasteiger partial charge is 0.420 e. The summed E-state index contributed by atoms with van der Waals surface area (Å²) in [6.07, 6.45) is -0.638. The first-order valence-electron chi connectivity index (χ1n) is 11.2. The highest BCUT2D eigenvalue weighted by Gasteiger charge is 2.43. The molecule has 3 aromatic heterocycles. The van der Waals surface area contributed by atoms with Crippen molar-refractivity contribution in [1.82, 2.24) is 4.57 Å². The van der Waals surface area contributed by atoms with Gasteiger partial charge in [0.05, 0.1) is 5.69 Å². The molecule has 9 heteroatoms. The number of thiophene rings is 2. The van der Waals surface area contributed by atoms with Crippen LogP contribution < -0.4 is 5.32 Å². The third kappa shape index (κ3) is 4.13. The van der Waals surface area contributed by atoms with Crippen molar-refractivity contribution in [2.45, 2.75) is 32.0 Å². The molecular formula is C27H23N3O4S2. The number of fused-ring (bicyclic) bond motifs is 1. The van der Waals surface area contributed by atoms with Crippen LogP contribution in [0.4, 0.5) is 10.5 Å². The molecule has 0 saturated carbocycles. The molecular weight excluding hydrogens is 494 g/mol. The Hall–Kier alpha value is -3.71. The minimum atomic E-state index is -1.04. The van der Waals surface area contributed by atoms with Crippen LogP contribution in [0.5, 0.6) is 0 Å². The zero-order valence-corrected chi connectivity index (χ0v) is 21.5. The maximum Gasteiger partial charge on any atom is 0.420 e. The van der Waals surface area contributed by atoms with E-state index in [0.717, 1.165) is 16.7 Å². The molecule has 0 fully saturated rings. The van der Waals surface area contributed by atoms with Crippen LogP contribution in [0.2, 0.25) is 0 Å². The number of rotatable bonds is 3. The number of aromatic nitrogens is 1. The second-order valence-electron chi connectivity index (χ2n) is 9.33. The van der Waals surface area contributed by atoms with Crippen LogP contribution in [0, 0.1) is 11.3 Å². The molecule has 0 saturated heterocycles. The van der Waals surface area contributed by atoms with Crippen LogP contribution in [0.1, 0.15) is 43.2 Å². The third-order valence-corrected chi connectivity index (χ3v) is 7.18. The van der Waals surface area contributed by atoms with E-state index in [2.05, 4.69) is 11.4 Å². The van der Waals surface area contributed by atoms with Crippen molar-refractivity contribution in [1.29, 1.82) is 5.26 Å². The highest BCUT2D eigenvalue weighted by molar-refractivity contribution is 7.08. The van der Waals surface area contributed by atoms with Crippen molar-refractivity contribution >= 4 is 40.4 Å². The Kier molecular flexibility index (Phi) is 6.04. The van der Waals surface area contributed by atoms with Crippen molar-refractivity contribution in [2.75, 3.05) is 11.9 Å².